The lowest BCUT2D eigenvalue weighted by molar-refractivity contribution is -0.122. The number of anilines is 1. The normalized spacial score (nSPS) is 12.3. The van der Waals surface area contributed by atoms with Crippen LogP contribution in [0.5, 0.6) is 11.5 Å². The minimum absolute atomic E-state index is 0.00621. The minimum atomic E-state index is -0.323. The average molecular weight is 457 g/mol. The van der Waals surface area contributed by atoms with Gasteiger partial charge in [0, 0.05) is 17.1 Å². The highest BCUT2D eigenvalue weighted by molar-refractivity contribution is 7.98. The van der Waals surface area contributed by atoms with Crippen molar-refractivity contribution in [3.05, 3.63) is 59.7 Å². The van der Waals surface area contributed by atoms with Crippen LogP contribution >= 0.6 is 11.8 Å². The first-order chi connectivity index (χ1) is 15.6. The van der Waals surface area contributed by atoms with Gasteiger partial charge in [0.2, 0.25) is 5.91 Å². The maximum Gasteiger partial charge on any atom is 0.263 e. The second-order valence-corrected chi connectivity index (χ2v) is 8.01. The van der Waals surface area contributed by atoms with Crippen LogP contribution in [0, 0.1) is 0 Å². The summed E-state index contributed by atoms with van der Waals surface area (Å²) in [6, 6.07) is 10.6. The molecule has 0 unspecified atom stereocenters. The molecule has 3 heterocycles. The summed E-state index contributed by atoms with van der Waals surface area (Å²) in [7, 11) is 0. The molecule has 2 amide bonds. The van der Waals surface area contributed by atoms with E-state index >= 15 is 0 Å². The van der Waals surface area contributed by atoms with Crippen molar-refractivity contribution in [2.75, 3.05) is 18.5 Å². The standard InChI is InChI=1S/C22H24N4O5S/c1-2-29-15-5-7-16(8-6-15)31-12-21(28)24-22-18-13-32-14-19(18)25-26(22)11-20(27)23-10-17-4-3-9-30-17/h3-9H,2,10-14H2,1H3,(H,23,27)(H,24,28). The number of nitrogens with one attached hydrogen (secondary N) is 2. The first-order valence-electron chi connectivity index (χ1n) is 10.2. The molecule has 10 heteroatoms. The Kier molecular flexibility index (Phi) is 7.00. The van der Waals surface area contributed by atoms with E-state index < -0.39 is 0 Å². The van der Waals surface area contributed by atoms with E-state index in [2.05, 4.69) is 15.7 Å². The lowest BCUT2D eigenvalue weighted by Gasteiger charge is -2.12. The molecule has 9 nitrogen and oxygen atoms in total. The highest BCUT2D eigenvalue weighted by Gasteiger charge is 2.25. The molecular weight excluding hydrogens is 432 g/mol. The number of furan rings is 1. The van der Waals surface area contributed by atoms with Gasteiger partial charge in [0.25, 0.3) is 5.91 Å². The fourth-order valence-electron chi connectivity index (χ4n) is 3.23. The fourth-order valence-corrected chi connectivity index (χ4v) is 4.26. The van der Waals surface area contributed by atoms with E-state index in [0.717, 1.165) is 28.5 Å². The van der Waals surface area contributed by atoms with Crippen molar-refractivity contribution in [2.45, 2.75) is 31.5 Å². The van der Waals surface area contributed by atoms with Gasteiger partial charge in [-0.3, -0.25) is 9.59 Å². The van der Waals surface area contributed by atoms with E-state index in [-0.39, 0.29) is 25.0 Å². The molecule has 3 aromatic rings. The van der Waals surface area contributed by atoms with Gasteiger partial charge in [-0.15, -0.1) is 0 Å². The predicted octanol–water partition coefficient (Wildman–Crippen LogP) is 2.96. The molecular formula is C22H24N4O5S. The number of carbonyl (C=O) groups excluding carboxylic acids is 2. The molecule has 1 aliphatic heterocycles. The van der Waals surface area contributed by atoms with Crippen LogP contribution in [0.1, 0.15) is 23.9 Å². The molecule has 0 aliphatic carbocycles. The Balaban J connectivity index is 1.35. The van der Waals surface area contributed by atoms with Gasteiger partial charge >= 0.3 is 0 Å². The zero-order chi connectivity index (χ0) is 22.3. The van der Waals surface area contributed by atoms with Crippen LogP contribution in [0.2, 0.25) is 0 Å². The molecule has 2 N–H and O–H groups in total. The number of hydrogen-bond donors (Lipinski definition) is 2. The lowest BCUT2D eigenvalue weighted by Crippen LogP contribution is -2.29. The van der Waals surface area contributed by atoms with E-state index in [9.17, 15) is 9.59 Å². The maximum atomic E-state index is 12.6. The third-order valence-corrected chi connectivity index (χ3v) is 5.69. The van der Waals surface area contributed by atoms with E-state index in [0.29, 0.717) is 30.5 Å². The minimum Gasteiger partial charge on any atom is -0.494 e. The molecule has 32 heavy (non-hydrogen) atoms. The Morgan fingerprint density at radius 1 is 1.12 bits per heavy atom. The molecule has 0 radical (unpaired) electrons. The number of hydrogen-bond acceptors (Lipinski definition) is 7. The maximum absolute atomic E-state index is 12.6. The zero-order valence-corrected chi connectivity index (χ0v) is 18.4. The number of aromatic nitrogens is 2. The monoisotopic (exact) mass is 456 g/mol. The summed E-state index contributed by atoms with van der Waals surface area (Å²) in [5.41, 5.74) is 1.83. The summed E-state index contributed by atoms with van der Waals surface area (Å²) < 4.78 is 17.7. The van der Waals surface area contributed by atoms with Crippen molar-refractivity contribution in [2.24, 2.45) is 0 Å². The molecule has 1 aromatic carbocycles. The molecule has 168 valence electrons. The summed E-state index contributed by atoms with van der Waals surface area (Å²) in [6.07, 6.45) is 1.56. The van der Waals surface area contributed by atoms with Crippen LogP contribution in [0.15, 0.2) is 47.1 Å². The number of benzene rings is 1. The van der Waals surface area contributed by atoms with Crippen LogP contribution in [0.25, 0.3) is 0 Å². The van der Waals surface area contributed by atoms with Crippen molar-refractivity contribution in [1.82, 2.24) is 15.1 Å². The molecule has 0 saturated heterocycles. The summed E-state index contributed by atoms with van der Waals surface area (Å²) in [6.45, 7) is 2.62. The van der Waals surface area contributed by atoms with Gasteiger partial charge in [-0.2, -0.15) is 16.9 Å². The Labute approximate surface area is 189 Å². The highest BCUT2D eigenvalue weighted by Crippen LogP contribution is 2.34. The van der Waals surface area contributed by atoms with Gasteiger partial charge in [0.1, 0.15) is 29.6 Å². The predicted molar refractivity (Wildman–Crippen MR) is 120 cm³/mol. The molecule has 1 aliphatic rings. The van der Waals surface area contributed by atoms with Crippen LogP contribution in [-0.2, 0) is 34.2 Å². The first-order valence-corrected chi connectivity index (χ1v) is 11.4. The first kappa shape index (κ1) is 21.8. The quantitative estimate of drug-likeness (QED) is 0.483. The number of fused-ring (bicyclic) bond motifs is 1. The Morgan fingerprint density at radius 3 is 2.62 bits per heavy atom. The number of rotatable bonds is 10. The van der Waals surface area contributed by atoms with Crippen molar-refractivity contribution in [3.63, 3.8) is 0 Å². The van der Waals surface area contributed by atoms with Crippen LogP contribution in [0.3, 0.4) is 0 Å². The van der Waals surface area contributed by atoms with Gasteiger partial charge < -0.3 is 24.5 Å². The van der Waals surface area contributed by atoms with E-state index in [1.807, 2.05) is 6.92 Å². The van der Waals surface area contributed by atoms with Gasteiger partial charge in [0.05, 0.1) is 25.1 Å². The number of thioether (sulfide) groups is 1. The number of carbonyl (C=O) groups is 2. The molecule has 2 aromatic heterocycles. The van der Waals surface area contributed by atoms with E-state index in [1.165, 1.54) is 4.68 Å². The summed E-state index contributed by atoms with van der Waals surface area (Å²) in [5.74, 6) is 3.45. The Bertz CT molecular complexity index is 1060. The smallest absolute Gasteiger partial charge is 0.263 e. The second kappa shape index (κ2) is 10.3. The topological polar surface area (TPSA) is 108 Å². The fraction of sp³-hybridized carbons (Fsp3) is 0.318. The molecule has 0 spiro atoms. The zero-order valence-electron chi connectivity index (χ0n) is 17.6. The highest BCUT2D eigenvalue weighted by atomic mass is 32.2. The van der Waals surface area contributed by atoms with E-state index in [4.69, 9.17) is 13.9 Å². The molecule has 4 rings (SSSR count). The van der Waals surface area contributed by atoms with Crippen LogP contribution in [-0.4, -0.2) is 34.8 Å². The number of nitrogens with zero attached hydrogens (tertiary/aromatic N) is 2. The van der Waals surface area contributed by atoms with Gasteiger partial charge in [-0.25, -0.2) is 4.68 Å². The van der Waals surface area contributed by atoms with Gasteiger partial charge in [-0.05, 0) is 43.3 Å². The van der Waals surface area contributed by atoms with Crippen LogP contribution in [0.4, 0.5) is 5.82 Å². The van der Waals surface area contributed by atoms with Crippen molar-refractivity contribution >= 4 is 29.4 Å². The van der Waals surface area contributed by atoms with E-state index in [1.54, 1.807) is 54.4 Å². The molecule has 0 saturated carbocycles. The largest absolute Gasteiger partial charge is 0.494 e. The molecule has 0 atom stereocenters. The Morgan fingerprint density at radius 2 is 1.91 bits per heavy atom. The SMILES string of the molecule is CCOc1ccc(OCC(=O)Nc2c3c(nn2CC(=O)NCc2ccco2)CSC3)cc1. The van der Waals surface area contributed by atoms with Gasteiger partial charge in [-0.1, -0.05) is 0 Å². The summed E-state index contributed by atoms with van der Waals surface area (Å²) in [4.78, 5) is 24.9. The van der Waals surface area contributed by atoms with Crippen molar-refractivity contribution in [1.29, 1.82) is 0 Å². The molecule has 0 fully saturated rings. The van der Waals surface area contributed by atoms with Crippen molar-refractivity contribution < 1.29 is 23.5 Å². The lowest BCUT2D eigenvalue weighted by atomic mass is 10.3. The Hall–Kier alpha value is -3.40. The average Bonchev–Trinajstić information content (AvgIpc) is 3.52. The molecule has 0 bridgehead atoms. The summed E-state index contributed by atoms with van der Waals surface area (Å²) >= 11 is 1.72. The van der Waals surface area contributed by atoms with Gasteiger partial charge in [0.15, 0.2) is 6.61 Å². The number of ether oxygens (including phenoxy) is 2. The van der Waals surface area contributed by atoms with Crippen molar-refractivity contribution in [3.8, 4) is 11.5 Å². The second-order valence-electron chi connectivity index (χ2n) is 7.02. The third-order valence-electron chi connectivity index (χ3n) is 4.71. The summed E-state index contributed by atoms with van der Waals surface area (Å²) in [5, 5.41) is 10.2. The van der Waals surface area contributed by atoms with Crippen LogP contribution < -0.4 is 20.1 Å². The third kappa shape index (κ3) is 5.44. The number of amides is 2.